The molecule has 0 radical (unpaired) electrons. The van der Waals surface area contributed by atoms with Crippen molar-refractivity contribution in [3.63, 3.8) is 0 Å². The number of methoxy groups -OCH3 is 1. The SMILES string of the molecule is COC(=O)c1c(-c2ccc3c(c2)CCCC3)csc1NC(=O)CCCOc1ccccc1. The van der Waals surface area contributed by atoms with Crippen LogP contribution in [0.2, 0.25) is 0 Å². The number of carbonyl (C=O) groups excluding carboxylic acids is 2. The summed E-state index contributed by atoms with van der Waals surface area (Å²) in [6.45, 7) is 0.451. The molecule has 0 bridgehead atoms. The summed E-state index contributed by atoms with van der Waals surface area (Å²) in [6.07, 6.45) is 5.48. The average molecular weight is 450 g/mol. The van der Waals surface area contributed by atoms with Crippen LogP contribution in [0.25, 0.3) is 11.1 Å². The molecule has 1 aliphatic rings. The van der Waals surface area contributed by atoms with E-state index in [0.717, 1.165) is 29.7 Å². The summed E-state index contributed by atoms with van der Waals surface area (Å²) in [5.41, 5.74) is 4.94. The van der Waals surface area contributed by atoms with E-state index in [9.17, 15) is 9.59 Å². The van der Waals surface area contributed by atoms with Crippen molar-refractivity contribution in [1.82, 2.24) is 0 Å². The third kappa shape index (κ3) is 5.19. The van der Waals surface area contributed by atoms with Crippen molar-refractivity contribution >= 4 is 28.2 Å². The van der Waals surface area contributed by atoms with Gasteiger partial charge in [0.25, 0.3) is 0 Å². The fraction of sp³-hybridized carbons (Fsp3) is 0.308. The van der Waals surface area contributed by atoms with E-state index in [1.165, 1.54) is 42.4 Å². The van der Waals surface area contributed by atoms with Gasteiger partial charge in [-0.1, -0.05) is 36.4 Å². The van der Waals surface area contributed by atoms with E-state index in [1.807, 2.05) is 35.7 Å². The molecule has 5 nitrogen and oxygen atoms in total. The van der Waals surface area contributed by atoms with Crippen molar-refractivity contribution < 1.29 is 19.1 Å². The van der Waals surface area contributed by atoms with Gasteiger partial charge >= 0.3 is 5.97 Å². The minimum absolute atomic E-state index is 0.148. The molecule has 1 heterocycles. The van der Waals surface area contributed by atoms with E-state index in [2.05, 4.69) is 23.5 Å². The van der Waals surface area contributed by atoms with E-state index >= 15 is 0 Å². The highest BCUT2D eigenvalue weighted by Gasteiger charge is 2.23. The summed E-state index contributed by atoms with van der Waals surface area (Å²) < 4.78 is 10.7. The van der Waals surface area contributed by atoms with Crippen LogP contribution in [0.5, 0.6) is 5.75 Å². The van der Waals surface area contributed by atoms with Gasteiger partial charge in [0.2, 0.25) is 5.91 Å². The quantitative estimate of drug-likeness (QED) is 0.345. The number of carbonyl (C=O) groups is 2. The summed E-state index contributed by atoms with van der Waals surface area (Å²) in [5, 5.41) is 5.35. The lowest BCUT2D eigenvalue weighted by Gasteiger charge is -2.16. The number of amides is 1. The maximum atomic E-state index is 12.6. The Morgan fingerprint density at radius 2 is 1.81 bits per heavy atom. The van der Waals surface area contributed by atoms with E-state index in [-0.39, 0.29) is 5.91 Å². The first kappa shape index (κ1) is 22.1. The molecule has 1 amide bonds. The van der Waals surface area contributed by atoms with E-state index in [1.54, 1.807) is 0 Å². The highest BCUT2D eigenvalue weighted by atomic mass is 32.1. The Morgan fingerprint density at radius 3 is 2.59 bits per heavy atom. The molecule has 0 atom stereocenters. The number of benzene rings is 2. The Balaban J connectivity index is 1.44. The minimum atomic E-state index is -0.443. The van der Waals surface area contributed by atoms with Gasteiger partial charge in [-0.25, -0.2) is 4.79 Å². The molecule has 3 aromatic rings. The summed E-state index contributed by atoms with van der Waals surface area (Å²) >= 11 is 1.35. The van der Waals surface area contributed by atoms with Crippen molar-refractivity contribution in [3.05, 3.63) is 70.6 Å². The number of nitrogens with one attached hydrogen (secondary N) is 1. The van der Waals surface area contributed by atoms with Gasteiger partial charge in [0.15, 0.2) is 0 Å². The third-order valence-corrected chi connectivity index (χ3v) is 6.55. The molecule has 1 N–H and O–H groups in total. The van der Waals surface area contributed by atoms with Crippen LogP contribution in [0.3, 0.4) is 0 Å². The number of rotatable bonds is 8. The molecule has 0 fully saturated rings. The zero-order valence-corrected chi connectivity index (χ0v) is 19.0. The van der Waals surface area contributed by atoms with Crippen LogP contribution in [0.4, 0.5) is 5.00 Å². The Bertz CT molecular complexity index is 1090. The third-order valence-electron chi connectivity index (χ3n) is 5.65. The zero-order chi connectivity index (χ0) is 22.3. The van der Waals surface area contributed by atoms with Gasteiger partial charge in [0.05, 0.1) is 13.7 Å². The predicted octanol–water partition coefficient (Wildman–Crippen LogP) is 5.88. The largest absolute Gasteiger partial charge is 0.494 e. The molecule has 32 heavy (non-hydrogen) atoms. The Morgan fingerprint density at radius 1 is 1.03 bits per heavy atom. The van der Waals surface area contributed by atoms with Crippen LogP contribution < -0.4 is 10.1 Å². The van der Waals surface area contributed by atoms with Gasteiger partial charge in [0, 0.05) is 17.4 Å². The number of thiophene rings is 1. The van der Waals surface area contributed by atoms with Crippen LogP contribution in [0.1, 0.15) is 47.2 Å². The van der Waals surface area contributed by atoms with E-state index < -0.39 is 5.97 Å². The highest BCUT2D eigenvalue weighted by molar-refractivity contribution is 7.15. The van der Waals surface area contributed by atoms with Gasteiger partial charge in [-0.05, 0) is 60.9 Å². The number of aryl methyl sites for hydroxylation is 2. The number of fused-ring (bicyclic) bond motifs is 1. The molecule has 1 aromatic heterocycles. The van der Waals surface area contributed by atoms with Gasteiger partial charge < -0.3 is 14.8 Å². The normalized spacial score (nSPS) is 12.7. The Labute approximate surface area is 192 Å². The predicted molar refractivity (Wildman–Crippen MR) is 128 cm³/mol. The second-order valence-electron chi connectivity index (χ2n) is 7.85. The molecule has 0 saturated heterocycles. The highest BCUT2D eigenvalue weighted by Crippen LogP contribution is 2.37. The lowest BCUT2D eigenvalue weighted by Crippen LogP contribution is -2.15. The van der Waals surface area contributed by atoms with Crippen LogP contribution >= 0.6 is 11.3 Å². The van der Waals surface area contributed by atoms with Crippen molar-refractivity contribution in [2.75, 3.05) is 19.0 Å². The Kier molecular flexibility index (Phi) is 7.22. The molecule has 0 unspecified atom stereocenters. The number of hydrogen-bond donors (Lipinski definition) is 1. The first-order chi connectivity index (χ1) is 15.7. The van der Waals surface area contributed by atoms with Crippen LogP contribution in [-0.2, 0) is 22.4 Å². The number of esters is 1. The topological polar surface area (TPSA) is 64.6 Å². The molecule has 0 spiro atoms. The molecule has 1 aliphatic carbocycles. The van der Waals surface area contributed by atoms with Gasteiger partial charge in [0.1, 0.15) is 16.3 Å². The summed E-state index contributed by atoms with van der Waals surface area (Å²) in [5.74, 6) is 0.196. The molecule has 0 aliphatic heterocycles. The maximum Gasteiger partial charge on any atom is 0.341 e. The first-order valence-corrected chi connectivity index (χ1v) is 11.8. The minimum Gasteiger partial charge on any atom is -0.494 e. The molecular weight excluding hydrogens is 422 g/mol. The summed E-state index contributed by atoms with van der Waals surface area (Å²) in [4.78, 5) is 25.1. The summed E-state index contributed by atoms with van der Waals surface area (Å²) in [7, 11) is 1.36. The van der Waals surface area contributed by atoms with Crippen molar-refractivity contribution in [1.29, 1.82) is 0 Å². The number of hydrogen-bond acceptors (Lipinski definition) is 5. The molecule has 166 valence electrons. The van der Waals surface area contributed by atoms with E-state index in [0.29, 0.717) is 30.0 Å². The molecule has 6 heteroatoms. The van der Waals surface area contributed by atoms with Crippen molar-refractivity contribution in [2.45, 2.75) is 38.5 Å². The molecular formula is C26H27NO4S. The molecule has 2 aromatic carbocycles. The first-order valence-electron chi connectivity index (χ1n) is 11.0. The lowest BCUT2D eigenvalue weighted by atomic mass is 9.89. The van der Waals surface area contributed by atoms with Gasteiger partial charge in [-0.3, -0.25) is 4.79 Å². The monoisotopic (exact) mass is 449 g/mol. The second-order valence-corrected chi connectivity index (χ2v) is 8.73. The zero-order valence-electron chi connectivity index (χ0n) is 18.2. The van der Waals surface area contributed by atoms with Crippen LogP contribution in [-0.4, -0.2) is 25.6 Å². The van der Waals surface area contributed by atoms with Gasteiger partial charge in [-0.15, -0.1) is 11.3 Å². The number of para-hydroxylation sites is 1. The summed E-state index contributed by atoms with van der Waals surface area (Å²) in [6, 6.07) is 15.9. The molecule has 0 saturated carbocycles. The van der Waals surface area contributed by atoms with Crippen LogP contribution in [0, 0.1) is 0 Å². The Hall–Kier alpha value is -3.12. The molecule has 4 rings (SSSR count). The average Bonchev–Trinajstić information content (AvgIpc) is 3.25. The number of anilines is 1. The fourth-order valence-corrected chi connectivity index (χ4v) is 4.97. The van der Waals surface area contributed by atoms with E-state index in [4.69, 9.17) is 9.47 Å². The van der Waals surface area contributed by atoms with Gasteiger partial charge in [-0.2, -0.15) is 0 Å². The lowest BCUT2D eigenvalue weighted by molar-refractivity contribution is -0.116. The standard InChI is InChI=1S/C26H27NO4S/c1-30-26(29)24-22(20-14-13-18-8-5-6-9-19(18)16-20)17-32-25(24)27-23(28)12-7-15-31-21-10-3-2-4-11-21/h2-4,10-11,13-14,16-17H,5-9,12,15H2,1H3,(H,27,28). The fourth-order valence-electron chi connectivity index (χ4n) is 4.00. The number of ether oxygens (including phenoxy) is 2. The van der Waals surface area contributed by atoms with Crippen molar-refractivity contribution in [3.8, 4) is 16.9 Å². The second kappa shape index (κ2) is 10.5. The van der Waals surface area contributed by atoms with Crippen molar-refractivity contribution in [2.24, 2.45) is 0 Å². The van der Waals surface area contributed by atoms with Crippen LogP contribution in [0.15, 0.2) is 53.9 Å². The smallest absolute Gasteiger partial charge is 0.341 e. The maximum absolute atomic E-state index is 12.6.